The van der Waals surface area contributed by atoms with Crippen LogP contribution in [0.1, 0.15) is 45.4 Å². The second-order valence-corrected chi connectivity index (χ2v) is 9.60. The van der Waals surface area contributed by atoms with Gasteiger partial charge in [-0.1, -0.05) is 6.07 Å². The van der Waals surface area contributed by atoms with E-state index in [1.54, 1.807) is 18.3 Å². The molecule has 0 spiro atoms. The van der Waals surface area contributed by atoms with Crippen molar-refractivity contribution in [2.75, 3.05) is 43.1 Å². The summed E-state index contributed by atoms with van der Waals surface area (Å²) in [6.07, 6.45) is -1.26. The summed E-state index contributed by atoms with van der Waals surface area (Å²) in [5, 5.41) is 2.68. The van der Waals surface area contributed by atoms with Crippen molar-refractivity contribution >= 4 is 23.2 Å². The second-order valence-electron chi connectivity index (χ2n) is 9.60. The summed E-state index contributed by atoms with van der Waals surface area (Å²) in [6, 6.07) is 9.25. The van der Waals surface area contributed by atoms with Gasteiger partial charge >= 0.3 is 6.18 Å². The van der Waals surface area contributed by atoms with Crippen molar-refractivity contribution in [1.82, 2.24) is 14.9 Å². The van der Waals surface area contributed by atoms with Gasteiger partial charge < -0.3 is 19.9 Å². The number of halogens is 3. The first-order valence-electron chi connectivity index (χ1n) is 12.7. The number of hydrogen-bond acceptors (Lipinski definition) is 6. The number of likely N-dealkylation sites (N-methyl/N-ethyl adjacent to an activating group) is 1. The van der Waals surface area contributed by atoms with Crippen LogP contribution >= 0.6 is 0 Å². The Labute approximate surface area is 223 Å². The van der Waals surface area contributed by atoms with Gasteiger partial charge in [0.25, 0.3) is 11.8 Å². The number of carbonyl (C=O) groups excluding carboxylic acids is 2. The number of pyridine rings is 2. The molecule has 8 nitrogen and oxygen atoms in total. The Morgan fingerprint density at radius 1 is 1.15 bits per heavy atom. The Morgan fingerprint density at radius 2 is 1.97 bits per heavy atom. The molecule has 0 radical (unpaired) electrons. The first-order valence-corrected chi connectivity index (χ1v) is 12.7. The van der Waals surface area contributed by atoms with Gasteiger partial charge in [-0.15, -0.1) is 0 Å². The van der Waals surface area contributed by atoms with Crippen LogP contribution in [0.4, 0.5) is 24.5 Å². The van der Waals surface area contributed by atoms with Crippen molar-refractivity contribution < 1.29 is 27.5 Å². The number of carbonyl (C=O) groups is 2. The van der Waals surface area contributed by atoms with Gasteiger partial charge in [0.1, 0.15) is 5.69 Å². The highest BCUT2D eigenvalue weighted by atomic mass is 19.4. The molecular formula is C28H28F3N5O3. The SMILES string of the molecule is CCN1CC2CCOCCN2c2cc(-c3cc(NC(=O)c4ccnc(C(F)(F)F)c4)ccc3C)cnc2C1=O. The molecule has 0 bridgehead atoms. The van der Waals surface area contributed by atoms with Gasteiger partial charge in [0.2, 0.25) is 0 Å². The highest BCUT2D eigenvalue weighted by Crippen LogP contribution is 2.35. The molecule has 0 aliphatic carbocycles. The first kappa shape index (κ1) is 26.6. The third-order valence-electron chi connectivity index (χ3n) is 7.11. The van der Waals surface area contributed by atoms with Crippen LogP contribution in [0.15, 0.2) is 48.8 Å². The molecule has 5 rings (SSSR count). The molecule has 39 heavy (non-hydrogen) atoms. The van der Waals surface area contributed by atoms with Gasteiger partial charge in [0.15, 0.2) is 5.69 Å². The second kappa shape index (κ2) is 10.6. The van der Waals surface area contributed by atoms with E-state index in [0.717, 1.165) is 41.1 Å². The zero-order valence-corrected chi connectivity index (χ0v) is 21.6. The first-order chi connectivity index (χ1) is 18.7. The minimum Gasteiger partial charge on any atom is -0.380 e. The van der Waals surface area contributed by atoms with Crippen LogP contribution in [0.2, 0.25) is 0 Å². The van der Waals surface area contributed by atoms with Gasteiger partial charge in [0, 0.05) is 61.5 Å². The molecule has 0 saturated carbocycles. The van der Waals surface area contributed by atoms with Crippen LogP contribution in [-0.4, -0.2) is 65.6 Å². The number of anilines is 2. The van der Waals surface area contributed by atoms with Crippen molar-refractivity contribution in [3.8, 4) is 11.1 Å². The number of nitrogens with zero attached hydrogens (tertiary/aromatic N) is 4. The number of hydrogen-bond donors (Lipinski definition) is 1. The highest BCUT2D eigenvalue weighted by molar-refractivity contribution is 6.04. The lowest BCUT2D eigenvalue weighted by Gasteiger charge is -2.31. The van der Waals surface area contributed by atoms with E-state index >= 15 is 0 Å². The van der Waals surface area contributed by atoms with Crippen LogP contribution in [0.5, 0.6) is 0 Å². The quantitative estimate of drug-likeness (QED) is 0.513. The molecule has 1 unspecified atom stereocenters. The van der Waals surface area contributed by atoms with Crippen LogP contribution in [0, 0.1) is 6.92 Å². The van der Waals surface area contributed by atoms with Gasteiger partial charge in [-0.3, -0.25) is 14.6 Å². The molecule has 204 valence electrons. The van der Waals surface area contributed by atoms with E-state index in [-0.39, 0.29) is 17.5 Å². The maximum atomic E-state index is 13.3. The summed E-state index contributed by atoms with van der Waals surface area (Å²) in [6.45, 7) is 6.84. The van der Waals surface area contributed by atoms with E-state index < -0.39 is 17.8 Å². The lowest BCUT2D eigenvalue weighted by molar-refractivity contribution is -0.141. The van der Waals surface area contributed by atoms with E-state index in [0.29, 0.717) is 44.2 Å². The van der Waals surface area contributed by atoms with E-state index in [4.69, 9.17) is 4.74 Å². The summed E-state index contributed by atoms with van der Waals surface area (Å²) in [4.78, 5) is 38.0. The fourth-order valence-corrected chi connectivity index (χ4v) is 5.01. The van der Waals surface area contributed by atoms with Crippen molar-refractivity contribution in [3.63, 3.8) is 0 Å². The van der Waals surface area contributed by atoms with Crippen LogP contribution in [0.3, 0.4) is 0 Å². The molecule has 1 fully saturated rings. The van der Waals surface area contributed by atoms with Gasteiger partial charge in [0.05, 0.1) is 12.3 Å². The Kier molecular flexibility index (Phi) is 7.26. The molecule has 3 aromatic rings. The number of alkyl halides is 3. The van der Waals surface area contributed by atoms with Gasteiger partial charge in [-0.2, -0.15) is 13.2 Å². The maximum Gasteiger partial charge on any atom is 0.433 e. The molecule has 1 atom stereocenters. The minimum absolute atomic E-state index is 0.100. The largest absolute Gasteiger partial charge is 0.433 e. The number of rotatable bonds is 4. The molecule has 2 amide bonds. The number of aryl methyl sites for hydroxylation is 1. The lowest BCUT2D eigenvalue weighted by Crippen LogP contribution is -2.43. The predicted molar refractivity (Wildman–Crippen MR) is 140 cm³/mol. The Morgan fingerprint density at radius 3 is 2.74 bits per heavy atom. The molecule has 2 aliphatic rings. The average Bonchev–Trinajstić information content (AvgIpc) is 3.22. The van der Waals surface area contributed by atoms with Crippen LogP contribution in [-0.2, 0) is 10.9 Å². The molecule has 2 aromatic heterocycles. The lowest BCUT2D eigenvalue weighted by atomic mass is 9.99. The van der Waals surface area contributed by atoms with E-state index in [2.05, 4.69) is 20.2 Å². The zero-order chi connectivity index (χ0) is 27.7. The summed E-state index contributed by atoms with van der Waals surface area (Å²) < 4.78 is 44.9. The summed E-state index contributed by atoms with van der Waals surface area (Å²) in [7, 11) is 0. The monoisotopic (exact) mass is 539 g/mol. The molecule has 1 N–H and O–H groups in total. The summed E-state index contributed by atoms with van der Waals surface area (Å²) >= 11 is 0. The molecule has 11 heteroatoms. The van der Waals surface area contributed by atoms with Crippen LogP contribution in [0.25, 0.3) is 11.1 Å². The Balaban J connectivity index is 1.48. The fourth-order valence-electron chi connectivity index (χ4n) is 5.01. The van der Waals surface area contributed by atoms with Crippen molar-refractivity contribution in [3.05, 3.63) is 71.3 Å². The number of benzene rings is 1. The zero-order valence-electron chi connectivity index (χ0n) is 21.6. The van der Waals surface area contributed by atoms with Crippen molar-refractivity contribution in [1.29, 1.82) is 0 Å². The smallest absolute Gasteiger partial charge is 0.380 e. The fraction of sp³-hybridized carbons (Fsp3) is 0.357. The molecule has 2 aliphatic heterocycles. The minimum atomic E-state index is -4.65. The third-order valence-corrected chi connectivity index (χ3v) is 7.11. The van der Waals surface area contributed by atoms with Crippen LogP contribution < -0.4 is 10.2 Å². The van der Waals surface area contributed by atoms with E-state index in [1.807, 2.05) is 30.9 Å². The maximum absolute atomic E-state index is 13.3. The predicted octanol–water partition coefficient (Wildman–Crippen LogP) is 4.79. The van der Waals surface area contributed by atoms with Crippen molar-refractivity contribution in [2.45, 2.75) is 32.5 Å². The number of aromatic nitrogens is 2. The molecule has 1 aromatic carbocycles. The number of fused-ring (bicyclic) bond motifs is 3. The van der Waals surface area contributed by atoms with E-state index in [9.17, 15) is 22.8 Å². The standard InChI is InChI=1S/C28H28F3N5O3/c1-3-35-16-21-7-10-39-11-9-36(21)23-12-19(15-33-25(23)27(35)38)22-14-20(5-4-17(22)2)34-26(37)18-6-8-32-24(13-18)28(29,30)31/h4-6,8,12-15,21H,3,7,9-11,16H2,1-2H3,(H,34,37). The number of nitrogens with one attached hydrogen (secondary N) is 1. The molecule has 4 heterocycles. The van der Waals surface area contributed by atoms with E-state index in [1.165, 1.54) is 6.07 Å². The summed E-state index contributed by atoms with van der Waals surface area (Å²) in [5.41, 5.74) is 2.70. The topological polar surface area (TPSA) is 87.7 Å². The van der Waals surface area contributed by atoms with Crippen molar-refractivity contribution in [2.24, 2.45) is 0 Å². The Hall–Kier alpha value is -3.99. The Bertz CT molecular complexity index is 1410. The number of amides is 2. The normalized spacial score (nSPS) is 17.7. The summed E-state index contributed by atoms with van der Waals surface area (Å²) in [5.74, 6) is -0.795. The van der Waals surface area contributed by atoms with Gasteiger partial charge in [-0.25, -0.2) is 4.98 Å². The number of ether oxygens (including phenoxy) is 1. The average molecular weight is 540 g/mol. The molecular weight excluding hydrogens is 511 g/mol. The molecule has 1 saturated heterocycles. The third kappa shape index (κ3) is 5.44. The highest BCUT2D eigenvalue weighted by Gasteiger charge is 2.35. The van der Waals surface area contributed by atoms with Gasteiger partial charge in [-0.05, 0) is 61.7 Å².